The zero-order valence-corrected chi connectivity index (χ0v) is 16.5. The number of halogens is 1. The van der Waals surface area contributed by atoms with Crippen LogP contribution in [0.3, 0.4) is 0 Å². The largest absolute Gasteiger partial charge is 0.444 e. The molecule has 0 aromatic heterocycles. The van der Waals surface area contributed by atoms with E-state index in [9.17, 15) is 13.2 Å². The minimum absolute atomic E-state index is 0.0801. The van der Waals surface area contributed by atoms with Crippen LogP contribution in [-0.4, -0.2) is 44.1 Å². The SMILES string of the molecule is CC(C)(C)OC(=O)N1CC[C@@H](NS(=O)(=O)Cc2ccc(Br)cc2)C1. The van der Waals surface area contributed by atoms with Crippen molar-refractivity contribution in [3.05, 3.63) is 34.3 Å². The predicted molar refractivity (Wildman–Crippen MR) is 96.1 cm³/mol. The van der Waals surface area contributed by atoms with Gasteiger partial charge in [0.1, 0.15) is 5.60 Å². The van der Waals surface area contributed by atoms with Crippen LogP contribution in [0, 0.1) is 0 Å². The fourth-order valence-electron chi connectivity index (χ4n) is 2.44. The van der Waals surface area contributed by atoms with Gasteiger partial charge in [-0.2, -0.15) is 0 Å². The van der Waals surface area contributed by atoms with Crippen molar-refractivity contribution < 1.29 is 17.9 Å². The summed E-state index contributed by atoms with van der Waals surface area (Å²) in [5.41, 5.74) is 0.156. The van der Waals surface area contributed by atoms with Crippen molar-refractivity contribution in [2.45, 2.75) is 44.6 Å². The Balaban J connectivity index is 1.89. The van der Waals surface area contributed by atoms with Gasteiger partial charge in [0.25, 0.3) is 0 Å². The van der Waals surface area contributed by atoms with Crippen LogP contribution in [0.2, 0.25) is 0 Å². The quantitative estimate of drug-likeness (QED) is 0.815. The number of benzene rings is 1. The number of hydrogen-bond acceptors (Lipinski definition) is 4. The van der Waals surface area contributed by atoms with E-state index in [2.05, 4.69) is 20.7 Å². The Bertz CT molecular complexity index is 683. The van der Waals surface area contributed by atoms with Crippen molar-refractivity contribution >= 4 is 32.0 Å². The number of carbonyl (C=O) groups is 1. The highest BCUT2D eigenvalue weighted by atomic mass is 79.9. The standard InChI is InChI=1S/C16H23BrN2O4S/c1-16(2,3)23-15(20)19-9-8-14(10-19)18-24(21,22)11-12-4-6-13(17)7-5-12/h4-7,14,18H,8-11H2,1-3H3/t14-/m1/s1. The van der Waals surface area contributed by atoms with Crippen LogP contribution in [0.4, 0.5) is 4.79 Å². The Morgan fingerprint density at radius 1 is 1.33 bits per heavy atom. The monoisotopic (exact) mass is 418 g/mol. The zero-order chi connectivity index (χ0) is 18.0. The molecular formula is C16H23BrN2O4S. The maximum absolute atomic E-state index is 12.3. The molecule has 0 aliphatic carbocycles. The van der Waals surface area contributed by atoms with Crippen LogP contribution in [0.5, 0.6) is 0 Å². The first-order valence-electron chi connectivity index (χ1n) is 7.76. The molecule has 0 saturated carbocycles. The van der Waals surface area contributed by atoms with E-state index in [1.54, 1.807) is 32.9 Å². The molecule has 8 heteroatoms. The van der Waals surface area contributed by atoms with Gasteiger partial charge >= 0.3 is 6.09 Å². The third-order valence-corrected chi connectivity index (χ3v) is 5.39. The number of nitrogens with zero attached hydrogens (tertiary/aromatic N) is 1. The number of nitrogens with one attached hydrogen (secondary N) is 1. The molecule has 1 aliphatic rings. The van der Waals surface area contributed by atoms with Crippen LogP contribution in [0.1, 0.15) is 32.8 Å². The second-order valence-electron chi connectivity index (χ2n) is 6.92. The van der Waals surface area contributed by atoms with E-state index in [0.717, 1.165) is 4.47 Å². The van der Waals surface area contributed by atoms with Crippen molar-refractivity contribution in [3.63, 3.8) is 0 Å². The van der Waals surface area contributed by atoms with Gasteiger partial charge in [0, 0.05) is 23.6 Å². The van der Waals surface area contributed by atoms with E-state index in [1.807, 2.05) is 12.1 Å². The lowest BCUT2D eigenvalue weighted by atomic mass is 10.2. The van der Waals surface area contributed by atoms with E-state index in [0.29, 0.717) is 25.1 Å². The van der Waals surface area contributed by atoms with E-state index >= 15 is 0 Å². The van der Waals surface area contributed by atoms with Gasteiger partial charge in [-0.25, -0.2) is 17.9 Å². The molecular weight excluding hydrogens is 396 g/mol. The topological polar surface area (TPSA) is 75.7 Å². The summed E-state index contributed by atoms with van der Waals surface area (Å²) in [6.45, 7) is 6.23. The lowest BCUT2D eigenvalue weighted by molar-refractivity contribution is 0.0292. The first kappa shape index (κ1) is 19.2. The fraction of sp³-hybridized carbons (Fsp3) is 0.562. The molecule has 0 spiro atoms. The second-order valence-corrected chi connectivity index (χ2v) is 9.58. The molecule has 1 heterocycles. The maximum Gasteiger partial charge on any atom is 0.410 e. The van der Waals surface area contributed by atoms with Crippen LogP contribution >= 0.6 is 15.9 Å². The molecule has 134 valence electrons. The molecule has 0 bridgehead atoms. The van der Waals surface area contributed by atoms with Gasteiger partial charge < -0.3 is 9.64 Å². The summed E-state index contributed by atoms with van der Waals surface area (Å²) in [4.78, 5) is 13.6. The van der Waals surface area contributed by atoms with Crippen molar-refractivity contribution in [2.24, 2.45) is 0 Å². The Kier molecular flexibility index (Phi) is 5.93. The van der Waals surface area contributed by atoms with Gasteiger partial charge in [-0.05, 0) is 44.9 Å². The number of likely N-dealkylation sites (tertiary alicyclic amines) is 1. The van der Waals surface area contributed by atoms with Crippen LogP contribution in [0.25, 0.3) is 0 Å². The maximum atomic E-state index is 12.3. The molecule has 1 aromatic carbocycles. The summed E-state index contributed by atoms with van der Waals surface area (Å²) in [6.07, 6.45) is 0.177. The van der Waals surface area contributed by atoms with Gasteiger partial charge in [-0.3, -0.25) is 0 Å². The highest BCUT2D eigenvalue weighted by molar-refractivity contribution is 9.10. The summed E-state index contributed by atoms with van der Waals surface area (Å²) in [5.74, 6) is -0.0801. The molecule has 1 saturated heterocycles. The summed E-state index contributed by atoms with van der Waals surface area (Å²) >= 11 is 3.32. The normalized spacial score (nSPS) is 18.7. The molecule has 1 amide bonds. The molecule has 24 heavy (non-hydrogen) atoms. The molecule has 1 atom stereocenters. The molecule has 1 fully saturated rings. The number of carbonyl (C=O) groups excluding carboxylic acids is 1. The molecule has 0 unspecified atom stereocenters. The average molecular weight is 419 g/mol. The molecule has 6 nitrogen and oxygen atoms in total. The molecule has 1 aromatic rings. The van der Waals surface area contributed by atoms with Crippen molar-refractivity contribution in [2.75, 3.05) is 13.1 Å². The third kappa shape index (κ3) is 6.07. The number of sulfonamides is 1. The third-order valence-electron chi connectivity index (χ3n) is 3.46. The fourth-order valence-corrected chi connectivity index (χ4v) is 4.12. The molecule has 2 rings (SSSR count). The van der Waals surface area contributed by atoms with Gasteiger partial charge in [0.2, 0.25) is 10.0 Å². The zero-order valence-electron chi connectivity index (χ0n) is 14.1. The number of rotatable bonds is 4. The first-order valence-corrected chi connectivity index (χ1v) is 10.2. The van der Waals surface area contributed by atoms with E-state index in [1.165, 1.54) is 4.90 Å². The van der Waals surface area contributed by atoms with Crippen LogP contribution in [-0.2, 0) is 20.5 Å². The Labute approximate surface area is 151 Å². The van der Waals surface area contributed by atoms with Gasteiger partial charge in [-0.15, -0.1) is 0 Å². The van der Waals surface area contributed by atoms with Crippen molar-refractivity contribution in [1.82, 2.24) is 9.62 Å². The Morgan fingerprint density at radius 3 is 2.54 bits per heavy atom. The lowest BCUT2D eigenvalue weighted by Crippen LogP contribution is -2.40. The van der Waals surface area contributed by atoms with Crippen LogP contribution in [0.15, 0.2) is 28.7 Å². The molecule has 0 radical (unpaired) electrons. The summed E-state index contributed by atoms with van der Waals surface area (Å²) in [5, 5.41) is 0. The van der Waals surface area contributed by atoms with Gasteiger partial charge in [-0.1, -0.05) is 28.1 Å². The first-order chi connectivity index (χ1) is 11.0. The smallest absolute Gasteiger partial charge is 0.410 e. The Hall–Kier alpha value is -1.12. The van der Waals surface area contributed by atoms with Gasteiger partial charge in [0.05, 0.1) is 5.75 Å². The van der Waals surface area contributed by atoms with Crippen LogP contribution < -0.4 is 4.72 Å². The minimum atomic E-state index is -3.46. The van der Waals surface area contributed by atoms with E-state index in [4.69, 9.17) is 4.74 Å². The summed E-state index contributed by atoms with van der Waals surface area (Å²) in [6, 6.07) is 6.88. The lowest BCUT2D eigenvalue weighted by Gasteiger charge is -2.24. The summed E-state index contributed by atoms with van der Waals surface area (Å²) < 4.78 is 33.5. The molecule has 1 aliphatic heterocycles. The second kappa shape index (κ2) is 7.41. The minimum Gasteiger partial charge on any atom is -0.444 e. The number of amides is 1. The van der Waals surface area contributed by atoms with Crippen molar-refractivity contribution in [1.29, 1.82) is 0 Å². The highest BCUT2D eigenvalue weighted by Gasteiger charge is 2.31. The molecule has 1 N–H and O–H groups in total. The van der Waals surface area contributed by atoms with Gasteiger partial charge in [0.15, 0.2) is 0 Å². The van der Waals surface area contributed by atoms with Crippen molar-refractivity contribution in [3.8, 4) is 0 Å². The number of ether oxygens (including phenoxy) is 1. The average Bonchev–Trinajstić information content (AvgIpc) is 2.87. The van der Waals surface area contributed by atoms with E-state index in [-0.39, 0.29) is 11.8 Å². The Morgan fingerprint density at radius 2 is 1.96 bits per heavy atom. The van der Waals surface area contributed by atoms with E-state index < -0.39 is 21.7 Å². The predicted octanol–water partition coefficient (Wildman–Crippen LogP) is 2.88. The number of hydrogen-bond donors (Lipinski definition) is 1. The highest BCUT2D eigenvalue weighted by Crippen LogP contribution is 2.17. The summed E-state index contributed by atoms with van der Waals surface area (Å²) in [7, 11) is -3.46.